The highest BCUT2D eigenvalue weighted by atomic mass is 35.5. The third-order valence-corrected chi connectivity index (χ3v) is 1.37. The lowest BCUT2D eigenvalue weighted by Gasteiger charge is -2.17. The molecule has 0 saturated carbocycles. The van der Waals surface area contributed by atoms with Gasteiger partial charge in [-0.05, 0) is 6.92 Å². The first-order chi connectivity index (χ1) is 5.13. The van der Waals surface area contributed by atoms with Crippen LogP contribution < -0.4 is 5.73 Å². The monoisotopic (exact) mass is 194 g/mol. The van der Waals surface area contributed by atoms with Gasteiger partial charge in [-0.1, -0.05) is 0 Å². The Kier molecular flexibility index (Phi) is 8.21. The van der Waals surface area contributed by atoms with Crippen molar-refractivity contribution in [2.24, 2.45) is 5.73 Å². The van der Waals surface area contributed by atoms with Crippen molar-refractivity contribution in [1.29, 1.82) is 0 Å². The molecule has 1 amide bonds. The van der Waals surface area contributed by atoms with Crippen molar-refractivity contribution < 1.29 is 9.59 Å². The molecule has 0 aliphatic carbocycles. The Balaban J connectivity index is 0. The normalized spacial score (nSPS) is 8.58. The zero-order valence-electron chi connectivity index (χ0n) is 7.37. The van der Waals surface area contributed by atoms with Gasteiger partial charge in [0.05, 0.1) is 0 Å². The number of nitrogens with zero attached hydrogens (tertiary/aromatic N) is 1. The van der Waals surface area contributed by atoms with Crippen LogP contribution in [0, 0.1) is 0 Å². The van der Waals surface area contributed by atoms with Gasteiger partial charge in [-0.2, -0.15) is 0 Å². The first-order valence-corrected chi connectivity index (χ1v) is 3.63. The summed E-state index contributed by atoms with van der Waals surface area (Å²) in [5.41, 5.74) is 5.24. The van der Waals surface area contributed by atoms with Crippen LogP contribution in [0.4, 0.5) is 0 Å². The molecule has 0 aliphatic heterocycles. The Morgan fingerprint density at radius 2 is 1.92 bits per heavy atom. The van der Waals surface area contributed by atoms with Crippen molar-refractivity contribution in [1.82, 2.24) is 4.90 Å². The Hall–Kier alpha value is -0.610. The number of ketones is 1. The fourth-order valence-electron chi connectivity index (χ4n) is 0.782. The molecule has 0 heterocycles. The van der Waals surface area contributed by atoms with E-state index in [-0.39, 0.29) is 12.4 Å². The third-order valence-electron chi connectivity index (χ3n) is 1.37. The maximum atomic E-state index is 11.0. The number of Topliss-reactive ketones (excluding diaryl/α,β-unsaturated/α-hetero) is 1. The molecule has 0 rings (SSSR count). The Labute approximate surface area is 78.5 Å². The van der Waals surface area contributed by atoms with Crippen molar-refractivity contribution in [3.8, 4) is 0 Å². The Morgan fingerprint density at radius 3 is 2.17 bits per heavy atom. The second-order valence-electron chi connectivity index (χ2n) is 2.23. The maximum Gasteiger partial charge on any atom is 0.289 e. The molecule has 5 heteroatoms. The second-order valence-corrected chi connectivity index (χ2v) is 2.23. The van der Waals surface area contributed by atoms with Crippen LogP contribution in [0.3, 0.4) is 0 Å². The summed E-state index contributed by atoms with van der Waals surface area (Å²) < 4.78 is 0. The van der Waals surface area contributed by atoms with E-state index in [9.17, 15) is 9.59 Å². The molecule has 0 bridgehead atoms. The molecule has 0 unspecified atom stereocenters. The van der Waals surface area contributed by atoms with Crippen LogP contribution in [0.15, 0.2) is 0 Å². The van der Waals surface area contributed by atoms with E-state index in [0.717, 1.165) is 0 Å². The van der Waals surface area contributed by atoms with Crippen LogP contribution in [-0.2, 0) is 9.59 Å². The molecule has 72 valence electrons. The number of carbonyl (C=O) groups is 2. The van der Waals surface area contributed by atoms with Gasteiger partial charge in [0.25, 0.3) is 5.91 Å². The van der Waals surface area contributed by atoms with Crippen LogP contribution in [0.25, 0.3) is 0 Å². The van der Waals surface area contributed by atoms with Crippen LogP contribution in [0.1, 0.15) is 13.8 Å². The quantitative estimate of drug-likeness (QED) is 0.631. The van der Waals surface area contributed by atoms with E-state index in [0.29, 0.717) is 19.6 Å². The SMILES string of the molecule is CCN(CCN)C(=O)C(C)=O.Cl. The van der Waals surface area contributed by atoms with Gasteiger partial charge in [0.2, 0.25) is 5.78 Å². The molecular formula is C7H15ClN2O2. The first kappa shape index (κ1) is 13.9. The largest absolute Gasteiger partial charge is 0.335 e. The van der Waals surface area contributed by atoms with E-state index in [1.165, 1.54) is 11.8 Å². The van der Waals surface area contributed by atoms with Gasteiger partial charge in [0, 0.05) is 26.6 Å². The molecular weight excluding hydrogens is 180 g/mol. The van der Waals surface area contributed by atoms with Crippen LogP contribution in [0.2, 0.25) is 0 Å². The molecule has 0 aliphatic rings. The van der Waals surface area contributed by atoms with Crippen molar-refractivity contribution in [3.63, 3.8) is 0 Å². The number of rotatable bonds is 4. The summed E-state index contributed by atoms with van der Waals surface area (Å²) in [6, 6.07) is 0. The molecule has 4 nitrogen and oxygen atoms in total. The van der Waals surface area contributed by atoms with Gasteiger partial charge < -0.3 is 10.6 Å². The minimum Gasteiger partial charge on any atom is -0.335 e. The molecule has 0 fully saturated rings. The fraction of sp³-hybridized carbons (Fsp3) is 0.714. The molecule has 12 heavy (non-hydrogen) atoms. The molecule has 0 saturated heterocycles. The number of nitrogens with two attached hydrogens (primary N) is 1. The highest BCUT2D eigenvalue weighted by Crippen LogP contribution is 1.88. The molecule has 2 N–H and O–H groups in total. The van der Waals surface area contributed by atoms with Crippen molar-refractivity contribution in [3.05, 3.63) is 0 Å². The molecule has 0 atom stereocenters. The van der Waals surface area contributed by atoms with Gasteiger partial charge in [0.15, 0.2) is 0 Å². The zero-order chi connectivity index (χ0) is 8.85. The fourth-order valence-corrected chi connectivity index (χ4v) is 0.782. The van der Waals surface area contributed by atoms with Crippen molar-refractivity contribution >= 4 is 24.1 Å². The minimum absolute atomic E-state index is 0. The number of hydrogen-bond acceptors (Lipinski definition) is 3. The van der Waals surface area contributed by atoms with Crippen LogP contribution in [0.5, 0.6) is 0 Å². The number of halogens is 1. The molecule has 0 aromatic heterocycles. The third kappa shape index (κ3) is 4.31. The average Bonchev–Trinajstić information content (AvgIpc) is 1.98. The number of hydrogen-bond donors (Lipinski definition) is 1. The Morgan fingerprint density at radius 1 is 1.42 bits per heavy atom. The van der Waals surface area contributed by atoms with E-state index < -0.39 is 11.7 Å². The van der Waals surface area contributed by atoms with E-state index >= 15 is 0 Å². The van der Waals surface area contributed by atoms with Gasteiger partial charge in [-0.25, -0.2) is 0 Å². The van der Waals surface area contributed by atoms with Crippen molar-refractivity contribution in [2.45, 2.75) is 13.8 Å². The van der Waals surface area contributed by atoms with Gasteiger partial charge >= 0.3 is 0 Å². The summed E-state index contributed by atoms with van der Waals surface area (Å²) in [4.78, 5) is 23.0. The topological polar surface area (TPSA) is 63.4 Å². The smallest absolute Gasteiger partial charge is 0.289 e. The maximum absolute atomic E-state index is 11.0. The molecule has 0 aromatic rings. The standard InChI is InChI=1S/C7H14N2O2.ClH/c1-3-9(5-4-8)7(11)6(2)10;/h3-5,8H2,1-2H3;1H. The molecule has 0 radical (unpaired) electrons. The summed E-state index contributed by atoms with van der Waals surface area (Å²) >= 11 is 0. The minimum atomic E-state index is -0.446. The predicted octanol–water partition coefficient (Wildman–Crippen LogP) is -0.196. The second kappa shape index (κ2) is 7.06. The zero-order valence-corrected chi connectivity index (χ0v) is 8.19. The average molecular weight is 195 g/mol. The highest BCUT2D eigenvalue weighted by molar-refractivity contribution is 6.35. The summed E-state index contributed by atoms with van der Waals surface area (Å²) in [5.74, 6) is -0.877. The number of carbonyl (C=O) groups excluding carboxylic acids is 2. The summed E-state index contributed by atoms with van der Waals surface area (Å²) in [6.07, 6.45) is 0. The van der Waals surface area contributed by atoms with Gasteiger partial charge in [-0.15, -0.1) is 12.4 Å². The lowest BCUT2D eigenvalue weighted by molar-refractivity contribution is -0.143. The Bertz CT molecular complexity index is 161. The van der Waals surface area contributed by atoms with E-state index in [1.807, 2.05) is 6.92 Å². The van der Waals surface area contributed by atoms with Crippen LogP contribution >= 0.6 is 12.4 Å². The number of likely N-dealkylation sites (N-methyl/N-ethyl adjacent to an activating group) is 1. The summed E-state index contributed by atoms with van der Waals surface area (Å²) in [7, 11) is 0. The molecule has 0 spiro atoms. The van der Waals surface area contributed by atoms with E-state index in [4.69, 9.17) is 5.73 Å². The summed E-state index contributed by atoms with van der Waals surface area (Å²) in [5, 5.41) is 0. The number of amides is 1. The first-order valence-electron chi connectivity index (χ1n) is 3.63. The van der Waals surface area contributed by atoms with E-state index in [1.54, 1.807) is 0 Å². The lowest BCUT2D eigenvalue weighted by atomic mass is 10.3. The lowest BCUT2D eigenvalue weighted by Crippen LogP contribution is -2.38. The van der Waals surface area contributed by atoms with E-state index in [2.05, 4.69) is 0 Å². The van der Waals surface area contributed by atoms with Crippen LogP contribution in [-0.4, -0.2) is 36.2 Å². The molecule has 0 aromatic carbocycles. The van der Waals surface area contributed by atoms with Gasteiger partial charge in [-0.3, -0.25) is 9.59 Å². The van der Waals surface area contributed by atoms with Crippen molar-refractivity contribution in [2.75, 3.05) is 19.6 Å². The highest BCUT2D eigenvalue weighted by Gasteiger charge is 2.14. The predicted molar refractivity (Wildman–Crippen MR) is 49.2 cm³/mol. The van der Waals surface area contributed by atoms with Gasteiger partial charge in [0.1, 0.15) is 0 Å². The summed E-state index contributed by atoms with van der Waals surface area (Å²) in [6.45, 7) is 4.47.